The zero-order valence-electron chi connectivity index (χ0n) is 61.0. The molecule has 8 N–H and O–H groups in total. The van der Waals surface area contributed by atoms with Crippen molar-refractivity contribution in [3.05, 3.63) is 196 Å². The summed E-state index contributed by atoms with van der Waals surface area (Å²) in [5.74, 6) is 4.86. The van der Waals surface area contributed by atoms with Gasteiger partial charge in [-0.3, -0.25) is 38.2 Å². The molecule has 0 aliphatic carbocycles. The number of nitrogen functional groups attached to an aromatic ring is 1. The summed E-state index contributed by atoms with van der Waals surface area (Å²) in [7, 11) is 4.55. The highest BCUT2D eigenvalue weighted by Gasteiger charge is 2.36. The fourth-order valence-corrected chi connectivity index (χ4v) is 15.3. The molecule has 0 spiro atoms. The van der Waals surface area contributed by atoms with E-state index in [0.717, 1.165) is 118 Å². The number of likely N-dealkylation sites (tertiary alicyclic amines) is 5. The van der Waals surface area contributed by atoms with E-state index < -0.39 is 35.6 Å². The number of methoxy groups -OCH3 is 3. The molecule has 26 heteroatoms. The van der Waals surface area contributed by atoms with Crippen LogP contribution in [-0.2, 0) is 28.9 Å². The molecule has 6 saturated heterocycles. The number of halogens is 3. The minimum atomic E-state index is -0.738. The number of aliphatic hydroxyl groups excluding tert-OH is 3. The number of nitrogens with zero attached hydrogens (tertiary/aromatic N) is 6. The molecule has 0 unspecified atom stereocenters. The van der Waals surface area contributed by atoms with Gasteiger partial charge in [0.2, 0.25) is 0 Å². The maximum Gasteiger partial charge on any atom is 0.295 e. The Bertz CT molecular complexity index is 4690. The van der Waals surface area contributed by atoms with Crippen molar-refractivity contribution in [1.82, 2.24) is 44.5 Å². The molecule has 15 rings (SSSR count). The number of fused-ring (bicyclic) bond motifs is 3. The van der Waals surface area contributed by atoms with Gasteiger partial charge >= 0.3 is 0 Å². The van der Waals surface area contributed by atoms with E-state index in [0.29, 0.717) is 126 Å². The van der Waals surface area contributed by atoms with Crippen LogP contribution < -0.4 is 25.4 Å². The van der Waals surface area contributed by atoms with E-state index in [-0.39, 0.29) is 65.5 Å². The van der Waals surface area contributed by atoms with E-state index in [1.54, 1.807) is 65.4 Å². The number of aromatic amines is 2. The Hall–Kier alpha value is -10.5. The highest BCUT2D eigenvalue weighted by atomic mass is 19.1. The molecule has 3 atom stereocenters. The first-order valence-electron chi connectivity index (χ1n) is 37.0. The summed E-state index contributed by atoms with van der Waals surface area (Å²) in [5, 5.41) is 33.1. The quantitative estimate of drug-likeness (QED) is 0.0269. The Kier molecular flexibility index (Phi) is 25.0. The Labute approximate surface area is 623 Å². The SMILES string of the molecule is COc1cc2[nH]cc(C(=O)C(=O)N3CC[C@@H](O)C3)c2cc1C(=O)N1CCC(Cc2ccc(F)cc2)CC1.COc1cc2[nH]ccc2cc1C(=O)N1CCC(Cc2ccc(F)cc2)CC1.COc1cc2c(cc1C(=O)N1CCC(Cc3ccc(F)cc3)CC1)c(C(=O)C(=O)N1CC[C@@H](O)C1)cn2N.O[C@@H]1CCNC1. The number of aliphatic hydroxyl groups is 3. The monoisotopic (exact) mass is 1480 g/mol. The van der Waals surface area contributed by atoms with E-state index in [1.807, 2.05) is 41.4 Å². The van der Waals surface area contributed by atoms with Gasteiger partial charge < -0.3 is 75.2 Å². The third kappa shape index (κ3) is 18.3. The standard InChI is InChI=1S/C28H31FN4O5.C28H30FN3O5.C22H23FN2O2.C4H9NO/c1-38-25-14-24-21(23(16-33(24)30)26(35)28(37)32-11-8-20(34)15-32)13-22(25)27(36)31-9-6-18(7-10-31)12-17-2-4-19(29)5-3-17;1-37-25-14-24-21(23(15-30-24)26(34)28(36)32-11-8-20(33)16-32)13-22(25)27(35)31-9-6-18(7-10-31)12-17-2-4-19(29)5-3-17;1-27-21-14-20-17(6-9-24-20)13-19(21)22(26)25-10-7-16(8-11-25)12-15-2-4-18(23)5-3-15;6-4-1-2-5-3-4/h2-5,13-14,16,18,20,34H,6-12,15,30H2,1H3;2-5,13-15,18,20,30,33H,6-12,16H2,1H3;2-6,9,13-14,16,24H,7-8,10-12H2,1H3;4-6H,1-3H2/t2*20-;;4-/m11.1/s1. The van der Waals surface area contributed by atoms with Crippen molar-refractivity contribution in [2.45, 2.75) is 95.4 Å². The number of hydrogen-bond donors (Lipinski definition) is 7. The van der Waals surface area contributed by atoms with Crippen LogP contribution in [0.2, 0.25) is 0 Å². The van der Waals surface area contributed by atoms with Crippen LogP contribution in [-0.4, -0.2) is 214 Å². The summed E-state index contributed by atoms with van der Waals surface area (Å²) in [4.78, 5) is 106. The van der Waals surface area contributed by atoms with Gasteiger partial charge in [0.15, 0.2) is 0 Å². The lowest BCUT2D eigenvalue weighted by Crippen LogP contribution is -2.39. The Morgan fingerprint density at radius 1 is 0.444 bits per heavy atom. The molecule has 5 amide bonds. The van der Waals surface area contributed by atoms with Crippen molar-refractivity contribution in [3.63, 3.8) is 0 Å². The molecule has 9 heterocycles. The predicted octanol–water partition coefficient (Wildman–Crippen LogP) is 9.31. The third-order valence-corrected chi connectivity index (χ3v) is 21.6. The number of nitrogens with two attached hydrogens (primary N) is 1. The number of Topliss-reactive ketones (excluding diaryl/α,β-unsaturated/α-hetero) is 2. The van der Waals surface area contributed by atoms with Crippen molar-refractivity contribution < 1.29 is 76.3 Å². The number of amides is 5. The normalized spacial score (nSPS) is 18.5. The van der Waals surface area contributed by atoms with E-state index in [4.69, 9.17) is 25.2 Å². The number of H-pyrrole nitrogens is 2. The molecule has 0 bridgehead atoms. The van der Waals surface area contributed by atoms with Crippen molar-refractivity contribution in [2.75, 3.05) is 106 Å². The lowest BCUT2D eigenvalue weighted by Gasteiger charge is -2.32. The summed E-state index contributed by atoms with van der Waals surface area (Å²) >= 11 is 0. The van der Waals surface area contributed by atoms with Gasteiger partial charge in [0, 0.05) is 136 Å². The molecule has 570 valence electrons. The van der Waals surface area contributed by atoms with Crippen LogP contribution in [0.3, 0.4) is 0 Å². The number of benzene rings is 6. The van der Waals surface area contributed by atoms with Gasteiger partial charge in [-0.25, -0.2) is 13.2 Å². The zero-order valence-corrected chi connectivity index (χ0v) is 61.0. The van der Waals surface area contributed by atoms with E-state index in [9.17, 15) is 56.9 Å². The molecule has 3 aromatic heterocycles. The van der Waals surface area contributed by atoms with Gasteiger partial charge in [-0.15, -0.1) is 0 Å². The van der Waals surface area contributed by atoms with Crippen LogP contribution in [0.4, 0.5) is 13.2 Å². The summed E-state index contributed by atoms with van der Waals surface area (Å²) < 4.78 is 57.1. The Morgan fingerprint density at radius 2 is 0.843 bits per heavy atom. The molecular formula is C82H93F3N10O13. The number of aromatic nitrogens is 3. The molecule has 9 aromatic rings. The van der Waals surface area contributed by atoms with Crippen LogP contribution in [0, 0.1) is 35.2 Å². The third-order valence-electron chi connectivity index (χ3n) is 21.6. The Balaban J connectivity index is 0.000000147. The highest BCUT2D eigenvalue weighted by molar-refractivity contribution is 6.45. The number of carbonyl (C=O) groups excluding carboxylic acids is 7. The summed E-state index contributed by atoms with van der Waals surface area (Å²) in [6.07, 6.45) is 13.0. The van der Waals surface area contributed by atoms with Gasteiger partial charge in [-0.05, 0) is 179 Å². The number of carbonyl (C=O) groups is 7. The highest BCUT2D eigenvalue weighted by Crippen LogP contribution is 2.36. The second kappa shape index (κ2) is 35.0. The summed E-state index contributed by atoms with van der Waals surface area (Å²) in [6, 6.07) is 32.0. The summed E-state index contributed by atoms with van der Waals surface area (Å²) in [5.41, 5.74) is 6.85. The van der Waals surface area contributed by atoms with Gasteiger partial charge in [0.05, 0.1) is 73.0 Å². The minimum absolute atomic E-state index is 0.0233. The molecule has 6 aliphatic heterocycles. The van der Waals surface area contributed by atoms with Crippen molar-refractivity contribution in [2.24, 2.45) is 17.8 Å². The first kappa shape index (κ1) is 77.1. The van der Waals surface area contributed by atoms with Crippen LogP contribution in [0.5, 0.6) is 17.2 Å². The molecule has 108 heavy (non-hydrogen) atoms. The first-order valence-corrected chi connectivity index (χ1v) is 37.0. The number of nitrogens with one attached hydrogen (secondary N) is 3. The lowest BCUT2D eigenvalue weighted by atomic mass is 9.90. The van der Waals surface area contributed by atoms with E-state index >= 15 is 0 Å². The topological polar surface area (TPSA) is 299 Å². The number of β-amino-alcohol motifs (C(OH)–C–C–N with tert-alkyl or cyclic N) is 3. The van der Waals surface area contributed by atoms with Crippen LogP contribution >= 0.6 is 0 Å². The second-order valence-electron chi connectivity index (χ2n) is 28.8. The maximum absolute atomic E-state index is 13.6. The molecule has 6 aromatic carbocycles. The van der Waals surface area contributed by atoms with Gasteiger partial charge in [0.25, 0.3) is 41.1 Å². The molecule has 0 radical (unpaired) electrons. The number of rotatable bonds is 16. The van der Waals surface area contributed by atoms with Crippen LogP contribution in [0.15, 0.2) is 134 Å². The van der Waals surface area contributed by atoms with Gasteiger partial charge in [0.1, 0.15) is 34.7 Å². The minimum Gasteiger partial charge on any atom is -0.496 e. The van der Waals surface area contributed by atoms with Crippen molar-refractivity contribution in [3.8, 4) is 17.2 Å². The zero-order chi connectivity index (χ0) is 76.3. The fraction of sp³-hybridized carbons (Fsp3) is 0.402. The summed E-state index contributed by atoms with van der Waals surface area (Å²) in [6.45, 7) is 6.43. The average Bonchev–Trinajstić information content (AvgIpc) is 1.59. The molecule has 0 saturated carbocycles. The first-order chi connectivity index (χ1) is 52.1. The molecule has 23 nitrogen and oxygen atoms in total. The number of ether oxygens (including phenoxy) is 3. The number of ketones is 2. The van der Waals surface area contributed by atoms with Gasteiger partial charge in [-0.2, -0.15) is 0 Å². The number of hydrogen-bond acceptors (Lipinski definition) is 15. The van der Waals surface area contributed by atoms with Crippen molar-refractivity contribution in [1.29, 1.82) is 0 Å². The average molecular weight is 1480 g/mol. The molecule has 6 aliphatic rings. The maximum atomic E-state index is 13.6. The number of piperidine rings is 3. The largest absolute Gasteiger partial charge is 0.496 e. The van der Waals surface area contributed by atoms with E-state index in [1.165, 1.54) is 77.5 Å². The predicted molar refractivity (Wildman–Crippen MR) is 401 cm³/mol. The second-order valence-corrected chi connectivity index (χ2v) is 28.8. The molecular weight excluding hydrogens is 1390 g/mol. The fourth-order valence-electron chi connectivity index (χ4n) is 15.3. The van der Waals surface area contributed by atoms with Crippen molar-refractivity contribution >= 4 is 73.8 Å². The van der Waals surface area contributed by atoms with Crippen LogP contribution in [0.1, 0.15) is 126 Å². The van der Waals surface area contributed by atoms with E-state index in [2.05, 4.69) is 15.3 Å². The van der Waals surface area contributed by atoms with Gasteiger partial charge in [-0.1, -0.05) is 36.4 Å². The smallest absolute Gasteiger partial charge is 0.295 e. The molecule has 6 fully saturated rings. The van der Waals surface area contributed by atoms with Crippen LogP contribution in [0.25, 0.3) is 32.7 Å². The Morgan fingerprint density at radius 3 is 1.23 bits per heavy atom. The lowest BCUT2D eigenvalue weighted by molar-refractivity contribution is -0.126.